The quantitative estimate of drug-likeness (QED) is 0.560. The lowest BCUT2D eigenvalue weighted by molar-refractivity contribution is 0.208. The van der Waals surface area contributed by atoms with Crippen molar-refractivity contribution in [3.63, 3.8) is 0 Å². The van der Waals surface area contributed by atoms with E-state index in [1.165, 1.54) is 0 Å². The summed E-state index contributed by atoms with van der Waals surface area (Å²) in [6.07, 6.45) is 3.90. The molecule has 0 radical (unpaired) electrons. The summed E-state index contributed by atoms with van der Waals surface area (Å²) in [6.45, 7) is 2.71. The monoisotopic (exact) mass is 405 g/mol. The van der Waals surface area contributed by atoms with Crippen LogP contribution in [0.15, 0.2) is 54.7 Å². The normalized spacial score (nSPS) is 14.6. The Bertz CT molecular complexity index is 952. The fraction of sp³-hybridized carbons (Fsp3) is 0.333. The average molecular weight is 405 g/mol. The summed E-state index contributed by atoms with van der Waals surface area (Å²) in [6, 6.07) is 15.3. The Kier molecular flexibility index (Phi) is 6.69. The van der Waals surface area contributed by atoms with E-state index in [-0.39, 0.29) is 13.2 Å². The van der Waals surface area contributed by atoms with Crippen molar-refractivity contribution in [2.75, 3.05) is 19.7 Å². The second-order valence-electron chi connectivity index (χ2n) is 7.62. The van der Waals surface area contributed by atoms with Crippen LogP contribution in [-0.4, -0.2) is 39.9 Å². The van der Waals surface area contributed by atoms with E-state index in [1.54, 1.807) is 6.20 Å². The zero-order valence-corrected chi connectivity index (χ0v) is 16.9. The molecular weight excluding hydrogens is 378 g/mol. The second kappa shape index (κ2) is 9.80. The molecule has 1 saturated heterocycles. The third-order valence-electron chi connectivity index (χ3n) is 5.50. The van der Waals surface area contributed by atoms with E-state index in [4.69, 9.17) is 9.72 Å². The first-order chi connectivity index (χ1) is 14.8. The summed E-state index contributed by atoms with van der Waals surface area (Å²) >= 11 is 0. The van der Waals surface area contributed by atoms with Crippen LogP contribution >= 0.6 is 0 Å². The first-order valence-corrected chi connectivity index (χ1v) is 10.4. The van der Waals surface area contributed by atoms with Crippen LogP contribution < -0.4 is 10.1 Å². The summed E-state index contributed by atoms with van der Waals surface area (Å²) in [5.41, 5.74) is 5.02. The Labute approximate surface area is 176 Å². The van der Waals surface area contributed by atoms with Gasteiger partial charge < -0.3 is 20.3 Å². The number of nitrogens with zero attached hydrogens (tertiary/aromatic N) is 2. The number of benzene rings is 2. The Morgan fingerprint density at radius 3 is 1.97 bits per heavy atom. The van der Waals surface area contributed by atoms with Crippen molar-refractivity contribution in [3.05, 3.63) is 65.9 Å². The standard InChI is InChI=1S/C24H27N3O3/c28-14-17-1-5-20(6-2-17)23-24(21-7-3-18(15-29)4-8-21)27-22(13-26-23)30-16-19-9-11-25-12-10-19/h1-8,13,19,25,28-29H,9-12,14-16H2. The maximum absolute atomic E-state index is 9.35. The van der Waals surface area contributed by atoms with E-state index in [9.17, 15) is 10.2 Å². The summed E-state index contributed by atoms with van der Waals surface area (Å²) in [5.74, 6) is 1.05. The molecule has 0 unspecified atom stereocenters. The van der Waals surface area contributed by atoms with Crippen LogP contribution in [0.1, 0.15) is 24.0 Å². The number of rotatable bonds is 7. The van der Waals surface area contributed by atoms with Crippen molar-refractivity contribution in [1.82, 2.24) is 15.3 Å². The van der Waals surface area contributed by atoms with E-state index < -0.39 is 0 Å². The third kappa shape index (κ3) is 4.84. The van der Waals surface area contributed by atoms with Crippen LogP contribution in [0.5, 0.6) is 5.88 Å². The Balaban J connectivity index is 1.65. The van der Waals surface area contributed by atoms with Gasteiger partial charge in [0.1, 0.15) is 5.69 Å². The summed E-state index contributed by atoms with van der Waals surface area (Å²) in [4.78, 5) is 9.46. The van der Waals surface area contributed by atoms with Crippen LogP contribution in [0.25, 0.3) is 22.5 Å². The van der Waals surface area contributed by atoms with Gasteiger partial charge in [0.15, 0.2) is 0 Å². The van der Waals surface area contributed by atoms with Crippen molar-refractivity contribution >= 4 is 0 Å². The number of aliphatic hydroxyl groups excluding tert-OH is 2. The maximum atomic E-state index is 9.35. The third-order valence-corrected chi connectivity index (χ3v) is 5.50. The average Bonchev–Trinajstić information content (AvgIpc) is 2.83. The predicted octanol–water partition coefficient (Wildman–Crippen LogP) is 3.17. The van der Waals surface area contributed by atoms with Gasteiger partial charge in [0.05, 0.1) is 31.7 Å². The molecule has 3 N–H and O–H groups in total. The van der Waals surface area contributed by atoms with Gasteiger partial charge in [-0.3, -0.25) is 0 Å². The van der Waals surface area contributed by atoms with Crippen molar-refractivity contribution in [2.45, 2.75) is 26.1 Å². The molecule has 4 rings (SSSR count). The van der Waals surface area contributed by atoms with Gasteiger partial charge in [0.2, 0.25) is 5.88 Å². The molecule has 0 bridgehead atoms. The molecule has 3 aromatic rings. The summed E-state index contributed by atoms with van der Waals surface area (Å²) in [7, 11) is 0. The number of aliphatic hydroxyl groups is 2. The van der Waals surface area contributed by atoms with Crippen LogP contribution in [-0.2, 0) is 13.2 Å². The summed E-state index contributed by atoms with van der Waals surface area (Å²) < 4.78 is 6.01. The molecule has 6 nitrogen and oxygen atoms in total. The van der Waals surface area contributed by atoms with Gasteiger partial charge in [-0.25, -0.2) is 9.97 Å². The second-order valence-corrected chi connectivity index (χ2v) is 7.62. The molecular formula is C24H27N3O3. The SMILES string of the molecule is OCc1ccc(-c2ncc(OCC3CCNCC3)nc2-c2ccc(CO)cc2)cc1. The van der Waals surface area contributed by atoms with Gasteiger partial charge >= 0.3 is 0 Å². The molecule has 2 aromatic carbocycles. The highest BCUT2D eigenvalue weighted by Gasteiger charge is 2.16. The Morgan fingerprint density at radius 2 is 1.40 bits per heavy atom. The molecule has 1 fully saturated rings. The minimum absolute atomic E-state index is 0.000827. The molecule has 1 aromatic heterocycles. The molecule has 0 amide bonds. The van der Waals surface area contributed by atoms with Crippen molar-refractivity contribution in [1.29, 1.82) is 0 Å². The minimum Gasteiger partial charge on any atom is -0.476 e. The molecule has 2 heterocycles. The number of hydrogen-bond acceptors (Lipinski definition) is 6. The molecule has 0 atom stereocenters. The lowest BCUT2D eigenvalue weighted by Gasteiger charge is -2.22. The fourth-order valence-electron chi connectivity index (χ4n) is 3.64. The van der Waals surface area contributed by atoms with Crippen LogP contribution in [0.3, 0.4) is 0 Å². The lowest BCUT2D eigenvalue weighted by Crippen LogP contribution is -2.30. The van der Waals surface area contributed by atoms with E-state index in [0.717, 1.165) is 59.6 Å². The van der Waals surface area contributed by atoms with Crippen molar-refractivity contribution in [3.8, 4) is 28.4 Å². The van der Waals surface area contributed by atoms with Gasteiger partial charge in [-0.15, -0.1) is 0 Å². The largest absolute Gasteiger partial charge is 0.476 e. The van der Waals surface area contributed by atoms with Crippen LogP contribution in [0.2, 0.25) is 0 Å². The van der Waals surface area contributed by atoms with Crippen molar-refractivity contribution < 1.29 is 14.9 Å². The number of aromatic nitrogens is 2. The van der Waals surface area contributed by atoms with Gasteiger partial charge in [-0.2, -0.15) is 0 Å². The minimum atomic E-state index is 0.000827. The molecule has 30 heavy (non-hydrogen) atoms. The number of nitrogens with one attached hydrogen (secondary N) is 1. The zero-order valence-electron chi connectivity index (χ0n) is 16.9. The highest BCUT2D eigenvalue weighted by Crippen LogP contribution is 2.31. The summed E-state index contributed by atoms with van der Waals surface area (Å²) in [5, 5.41) is 22.0. The van der Waals surface area contributed by atoms with Crippen LogP contribution in [0, 0.1) is 5.92 Å². The molecule has 6 heteroatoms. The van der Waals surface area contributed by atoms with E-state index in [1.807, 2.05) is 48.5 Å². The van der Waals surface area contributed by atoms with Gasteiger partial charge in [-0.1, -0.05) is 48.5 Å². The zero-order chi connectivity index (χ0) is 20.8. The maximum Gasteiger partial charge on any atom is 0.232 e. The highest BCUT2D eigenvalue weighted by molar-refractivity contribution is 5.78. The van der Waals surface area contributed by atoms with E-state index in [0.29, 0.717) is 18.4 Å². The fourth-order valence-corrected chi connectivity index (χ4v) is 3.64. The first-order valence-electron chi connectivity index (χ1n) is 10.4. The van der Waals surface area contributed by atoms with Crippen molar-refractivity contribution in [2.24, 2.45) is 5.92 Å². The van der Waals surface area contributed by atoms with E-state index in [2.05, 4.69) is 10.3 Å². The van der Waals surface area contributed by atoms with Gasteiger partial charge in [0, 0.05) is 11.1 Å². The van der Waals surface area contributed by atoms with Gasteiger partial charge in [-0.05, 0) is 43.0 Å². The molecule has 1 aliphatic rings. The first kappa shape index (κ1) is 20.5. The Morgan fingerprint density at radius 1 is 0.833 bits per heavy atom. The topological polar surface area (TPSA) is 87.5 Å². The molecule has 0 saturated carbocycles. The predicted molar refractivity (Wildman–Crippen MR) is 116 cm³/mol. The van der Waals surface area contributed by atoms with E-state index >= 15 is 0 Å². The number of piperidine rings is 1. The highest BCUT2D eigenvalue weighted by atomic mass is 16.5. The molecule has 0 aliphatic carbocycles. The smallest absolute Gasteiger partial charge is 0.232 e. The van der Waals surface area contributed by atoms with Crippen LogP contribution in [0.4, 0.5) is 0 Å². The molecule has 0 spiro atoms. The molecule has 1 aliphatic heterocycles. The van der Waals surface area contributed by atoms with Gasteiger partial charge in [0.25, 0.3) is 0 Å². The Hall–Kier alpha value is -2.80. The molecule has 156 valence electrons. The lowest BCUT2D eigenvalue weighted by atomic mass is 9.99. The number of hydrogen-bond donors (Lipinski definition) is 3. The number of ether oxygens (including phenoxy) is 1.